The lowest BCUT2D eigenvalue weighted by Gasteiger charge is -1.99. The molecule has 0 saturated carbocycles. The van der Waals surface area contributed by atoms with Crippen LogP contribution in [0.5, 0.6) is 0 Å². The molecule has 0 aliphatic carbocycles. The van der Waals surface area contributed by atoms with Crippen molar-refractivity contribution in [1.82, 2.24) is 13.2 Å². The van der Waals surface area contributed by atoms with E-state index in [4.69, 9.17) is 4.84 Å². The number of hydrogen-bond acceptors (Lipinski definition) is 3. The van der Waals surface area contributed by atoms with E-state index in [9.17, 15) is 0 Å². The molecule has 0 aliphatic heterocycles. The van der Waals surface area contributed by atoms with Crippen LogP contribution in [-0.4, -0.2) is 16.2 Å². The first-order valence-electron chi connectivity index (χ1n) is 2.86. The fourth-order valence-electron chi connectivity index (χ4n) is 0.609. The minimum atomic E-state index is 0.652. The molecule has 1 aromatic heterocycles. The highest BCUT2D eigenvalue weighted by Crippen LogP contribution is 1.85. The van der Waals surface area contributed by atoms with Gasteiger partial charge in [0.1, 0.15) is 0 Å². The van der Waals surface area contributed by atoms with Crippen LogP contribution in [-0.2, 0) is 11.4 Å². The van der Waals surface area contributed by atoms with E-state index < -0.39 is 0 Å². The van der Waals surface area contributed by atoms with Crippen LogP contribution in [0.15, 0.2) is 18.7 Å². The second-order valence-corrected chi connectivity index (χ2v) is 2.17. The Morgan fingerprint density at radius 3 is 3.20 bits per heavy atom. The van der Waals surface area contributed by atoms with Crippen LogP contribution in [0.25, 0.3) is 0 Å². The van der Waals surface area contributed by atoms with Gasteiger partial charge in [-0.15, -0.1) is 3.69 Å². The van der Waals surface area contributed by atoms with Crippen molar-refractivity contribution in [2.24, 2.45) is 0 Å². The monoisotopic (exact) mass is 253 g/mol. The summed E-state index contributed by atoms with van der Waals surface area (Å²) in [5.41, 5.74) is 0. The zero-order valence-corrected chi connectivity index (χ0v) is 7.48. The quantitative estimate of drug-likeness (QED) is 0.372. The van der Waals surface area contributed by atoms with Crippen LogP contribution < -0.4 is 3.69 Å². The molecule has 1 N–H and O–H groups in total. The summed E-state index contributed by atoms with van der Waals surface area (Å²) in [4.78, 5) is 8.78. The van der Waals surface area contributed by atoms with Crippen LogP contribution in [0.1, 0.15) is 0 Å². The molecule has 1 rings (SSSR count). The highest BCUT2D eigenvalue weighted by atomic mass is 127. The Hall–Kier alpha value is -0.140. The van der Waals surface area contributed by atoms with Gasteiger partial charge in [0.15, 0.2) is 0 Å². The molecule has 5 heteroatoms. The number of rotatable bonds is 4. The van der Waals surface area contributed by atoms with Crippen LogP contribution in [0.2, 0.25) is 0 Å². The second-order valence-electron chi connectivity index (χ2n) is 1.73. The SMILES string of the molecule is INOCCn1ccnc1. The molecule has 0 aromatic carbocycles. The lowest BCUT2D eigenvalue weighted by Crippen LogP contribution is -2.08. The van der Waals surface area contributed by atoms with Crippen LogP contribution in [0.3, 0.4) is 0 Å². The lowest BCUT2D eigenvalue weighted by molar-refractivity contribution is 0.105. The van der Waals surface area contributed by atoms with E-state index in [0.29, 0.717) is 6.61 Å². The van der Waals surface area contributed by atoms with Gasteiger partial charge in [0.25, 0.3) is 0 Å². The minimum Gasteiger partial charge on any atom is -0.335 e. The van der Waals surface area contributed by atoms with Crippen LogP contribution in [0, 0.1) is 0 Å². The maximum Gasteiger partial charge on any atom is 0.0946 e. The fourth-order valence-corrected chi connectivity index (χ4v) is 0.829. The normalized spacial score (nSPS) is 10.1. The molecule has 0 fully saturated rings. The Bertz CT molecular complexity index is 165. The predicted molar refractivity (Wildman–Crippen MR) is 45.3 cm³/mol. The number of aromatic nitrogens is 2. The third kappa shape index (κ3) is 2.63. The van der Waals surface area contributed by atoms with Gasteiger partial charge in [0.05, 0.1) is 12.9 Å². The minimum absolute atomic E-state index is 0.652. The van der Waals surface area contributed by atoms with Gasteiger partial charge in [-0.1, -0.05) is 0 Å². The van der Waals surface area contributed by atoms with Crippen molar-refractivity contribution < 1.29 is 4.84 Å². The zero-order valence-electron chi connectivity index (χ0n) is 5.33. The topological polar surface area (TPSA) is 39.1 Å². The molecule has 0 spiro atoms. The first-order chi connectivity index (χ1) is 4.93. The summed E-state index contributed by atoms with van der Waals surface area (Å²) in [7, 11) is 0. The molecule has 4 nitrogen and oxygen atoms in total. The van der Waals surface area contributed by atoms with E-state index in [-0.39, 0.29) is 0 Å². The summed E-state index contributed by atoms with van der Waals surface area (Å²) in [6, 6.07) is 0. The lowest BCUT2D eigenvalue weighted by atomic mass is 10.7. The zero-order chi connectivity index (χ0) is 7.23. The van der Waals surface area contributed by atoms with E-state index in [2.05, 4.69) is 8.68 Å². The van der Waals surface area contributed by atoms with Crippen LogP contribution >= 0.6 is 22.9 Å². The molecule has 56 valence electrons. The Balaban J connectivity index is 2.15. The molecule has 1 aromatic rings. The largest absolute Gasteiger partial charge is 0.335 e. The predicted octanol–water partition coefficient (Wildman–Crippen LogP) is 0.754. The summed E-state index contributed by atoms with van der Waals surface area (Å²) < 4.78 is 4.52. The molecule has 10 heavy (non-hydrogen) atoms. The van der Waals surface area contributed by atoms with Gasteiger partial charge >= 0.3 is 0 Å². The fraction of sp³-hybridized carbons (Fsp3) is 0.400. The molecule has 0 unspecified atom stereocenters. The molecule has 1 heterocycles. The molecule has 0 amide bonds. The number of nitrogens with zero attached hydrogens (tertiary/aromatic N) is 2. The van der Waals surface area contributed by atoms with Gasteiger partial charge in [-0.25, -0.2) is 4.98 Å². The Morgan fingerprint density at radius 2 is 2.60 bits per heavy atom. The van der Waals surface area contributed by atoms with Crippen molar-refractivity contribution in [2.75, 3.05) is 6.61 Å². The second kappa shape index (κ2) is 4.64. The summed E-state index contributed by atoms with van der Waals surface area (Å²) >= 11 is 1.93. The first kappa shape index (κ1) is 7.96. The average molecular weight is 253 g/mol. The van der Waals surface area contributed by atoms with E-state index in [1.54, 1.807) is 12.5 Å². The Kier molecular flexibility index (Phi) is 3.69. The smallest absolute Gasteiger partial charge is 0.0946 e. The van der Waals surface area contributed by atoms with E-state index >= 15 is 0 Å². The molecule has 0 bridgehead atoms. The van der Waals surface area contributed by atoms with Crippen molar-refractivity contribution in [2.45, 2.75) is 6.54 Å². The summed E-state index contributed by atoms with van der Waals surface area (Å²) in [6.45, 7) is 1.48. The number of hydrogen-bond donors (Lipinski definition) is 1. The summed E-state index contributed by atoms with van der Waals surface area (Å²) in [5, 5.41) is 0. The highest BCUT2D eigenvalue weighted by molar-refractivity contribution is 14.1. The van der Waals surface area contributed by atoms with Gasteiger partial charge in [-0.3, -0.25) is 4.84 Å². The molecule has 0 saturated heterocycles. The Morgan fingerprint density at radius 1 is 1.70 bits per heavy atom. The van der Waals surface area contributed by atoms with Gasteiger partial charge < -0.3 is 4.57 Å². The molecular weight excluding hydrogens is 245 g/mol. The van der Waals surface area contributed by atoms with E-state index in [1.165, 1.54) is 0 Å². The van der Waals surface area contributed by atoms with Crippen molar-refractivity contribution >= 4 is 22.9 Å². The maximum absolute atomic E-state index is 4.89. The van der Waals surface area contributed by atoms with Crippen LogP contribution in [0.4, 0.5) is 0 Å². The first-order valence-corrected chi connectivity index (χ1v) is 3.94. The van der Waals surface area contributed by atoms with Gasteiger partial charge in [0, 0.05) is 41.8 Å². The molecule has 0 radical (unpaired) electrons. The third-order valence-corrected chi connectivity index (χ3v) is 1.38. The number of imidazole rings is 1. The molecule has 0 atom stereocenters. The van der Waals surface area contributed by atoms with Crippen molar-refractivity contribution in [3.8, 4) is 0 Å². The van der Waals surface area contributed by atoms with E-state index in [1.807, 2.05) is 33.6 Å². The van der Waals surface area contributed by atoms with Gasteiger partial charge in [-0.2, -0.15) is 0 Å². The average Bonchev–Trinajstić information content (AvgIpc) is 2.41. The summed E-state index contributed by atoms with van der Waals surface area (Å²) in [6.07, 6.45) is 5.41. The van der Waals surface area contributed by atoms with E-state index in [0.717, 1.165) is 6.54 Å². The number of nitrogens with one attached hydrogen (secondary N) is 1. The molecular formula is C5H8IN3O. The number of halogens is 1. The Labute approximate surface area is 73.0 Å². The molecule has 0 aliphatic rings. The van der Waals surface area contributed by atoms with Crippen molar-refractivity contribution in [1.29, 1.82) is 0 Å². The highest BCUT2D eigenvalue weighted by Gasteiger charge is 1.87. The van der Waals surface area contributed by atoms with Crippen molar-refractivity contribution in [3.63, 3.8) is 0 Å². The van der Waals surface area contributed by atoms with Gasteiger partial charge in [0.2, 0.25) is 0 Å². The van der Waals surface area contributed by atoms with Gasteiger partial charge in [-0.05, 0) is 0 Å². The summed E-state index contributed by atoms with van der Waals surface area (Å²) in [5.74, 6) is 0. The van der Waals surface area contributed by atoms with Crippen molar-refractivity contribution in [3.05, 3.63) is 18.7 Å². The maximum atomic E-state index is 4.89. The third-order valence-electron chi connectivity index (χ3n) is 1.07. The standard InChI is InChI=1S/C5H8IN3O/c6-8-10-4-3-9-2-1-7-5-9/h1-2,5,8H,3-4H2.